The lowest BCUT2D eigenvalue weighted by molar-refractivity contribution is 0.529. The van der Waals surface area contributed by atoms with Crippen LogP contribution in [0.1, 0.15) is 33.1 Å². The van der Waals surface area contributed by atoms with Gasteiger partial charge in [-0.15, -0.1) is 0 Å². The Bertz CT molecular complexity index is 210. The Hall–Kier alpha value is -0.130. The van der Waals surface area contributed by atoms with Gasteiger partial charge in [-0.25, -0.2) is 13.1 Å². The molecule has 0 saturated carbocycles. The number of hydrogen-bond acceptors (Lipinski definition) is 3. The zero-order valence-corrected chi connectivity index (χ0v) is 9.23. The zero-order valence-electron chi connectivity index (χ0n) is 8.41. The SMILES string of the molecule is CCC(CC)NS(=O)(=O)CCCN. The zero-order chi connectivity index (χ0) is 10.3. The topological polar surface area (TPSA) is 72.2 Å². The molecular formula is C8H20N2O2S. The minimum atomic E-state index is -3.10. The van der Waals surface area contributed by atoms with Gasteiger partial charge in [-0.2, -0.15) is 0 Å². The van der Waals surface area contributed by atoms with Gasteiger partial charge in [-0.3, -0.25) is 0 Å². The summed E-state index contributed by atoms with van der Waals surface area (Å²) in [6, 6.07) is 0.0720. The Balaban J connectivity index is 4.00. The van der Waals surface area contributed by atoms with Gasteiger partial charge < -0.3 is 5.73 Å². The van der Waals surface area contributed by atoms with E-state index < -0.39 is 10.0 Å². The predicted molar refractivity (Wildman–Crippen MR) is 55.0 cm³/mol. The highest BCUT2D eigenvalue weighted by Crippen LogP contribution is 1.99. The van der Waals surface area contributed by atoms with Crippen LogP contribution in [0.25, 0.3) is 0 Å². The largest absolute Gasteiger partial charge is 0.330 e. The van der Waals surface area contributed by atoms with E-state index in [9.17, 15) is 8.42 Å². The van der Waals surface area contributed by atoms with Crippen molar-refractivity contribution in [3.63, 3.8) is 0 Å². The molecule has 0 rings (SSSR count). The minimum Gasteiger partial charge on any atom is -0.330 e. The molecule has 0 aromatic carbocycles. The van der Waals surface area contributed by atoms with Gasteiger partial charge in [0.1, 0.15) is 0 Å². The average molecular weight is 208 g/mol. The standard InChI is InChI=1S/C8H20N2O2S/c1-3-8(4-2)10-13(11,12)7-5-6-9/h8,10H,3-7,9H2,1-2H3. The molecule has 0 spiro atoms. The monoisotopic (exact) mass is 208 g/mol. The summed E-state index contributed by atoms with van der Waals surface area (Å²) in [5, 5.41) is 0. The number of sulfonamides is 1. The molecule has 0 radical (unpaired) electrons. The van der Waals surface area contributed by atoms with Crippen LogP contribution in [0, 0.1) is 0 Å². The molecule has 0 aliphatic rings. The van der Waals surface area contributed by atoms with E-state index in [0.29, 0.717) is 13.0 Å². The minimum absolute atomic E-state index is 0.0720. The summed E-state index contributed by atoms with van der Waals surface area (Å²) in [7, 11) is -3.10. The Morgan fingerprint density at radius 3 is 2.23 bits per heavy atom. The molecule has 5 heteroatoms. The molecular weight excluding hydrogens is 188 g/mol. The van der Waals surface area contributed by atoms with E-state index in [1.54, 1.807) is 0 Å². The van der Waals surface area contributed by atoms with Crippen molar-refractivity contribution in [3.8, 4) is 0 Å². The second kappa shape index (κ2) is 6.34. The van der Waals surface area contributed by atoms with Crippen LogP contribution in [0.5, 0.6) is 0 Å². The number of nitrogens with one attached hydrogen (secondary N) is 1. The van der Waals surface area contributed by atoms with E-state index in [1.165, 1.54) is 0 Å². The highest BCUT2D eigenvalue weighted by molar-refractivity contribution is 7.89. The highest BCUT2D eigenvalue weighted by Gasteiger charge is 2.13. The fourth-order valence-electron chi connectivity index (χ4n) is 1.04. The molecule has 0 atom stereocenters. The molecule has 4 nitrogen and oxygen atoms in total. The summed E-state index contributed by atoms with van der Waals surface area (Å²) in [5.41, 5.74) is 5.24. The van der Waals surface area contributed by atoms with Crippen molar-refractivity contribution in [2.75, 3.05) is 12.3 Å². The lowest BCUT2D eigenvalue weighted by Crippen LogP contribution is -2.35. The summed E-state index contributed by atoms with van der Waals surface area (Å²) < 4.78 is 25.3. The molecule has 0 aliphatic carbocycles. The van der Waals surface area contributed by atoms with E-state index in [2.05, 4.69) is 4.72 Å². The second-order valence-corrected chi connectivity index (χ2v) is 4.97. The maximum absolute atomic E-state index is 11.4. The van der Waals surface area contributed by atoms with Crippen molar-refractivity contribution in [1.29, 1.82) is 0 Å². The van der Waals surface area contributed by atoms with Crippen LogP contribution in [-0.4, -0.2) is 26.8 Å². The van der Waals surface area contributed by atoms with Crippen molar-refractivity contribution in [3.05, 3.63) is 0 Å². The van der Waals surface area contributed by atoms with Crippen LogP contribution in [-0.2, 0) is 10.0 Å². The first-order chi connectivity index (χ1) is 6.05. The smallest absolute Gasteiger partial charge is 0.211 e. The van der Waals surface area contributed by atoms with Gasteiger partial charge in [0.15, 0.2) is 0 Å². The molecule has 0 unspecified atom stereocenters. The third-order valence-corrected chi connectivity index (χ3v) is 3.47. The van der Waals surface area contributed by atoms with Gasteiger partial charge in [0.05, 0.1) is 5.75 Å². The fraction of sp³-hybridized carbons (Fsp3) is 1.00. The number of rotatable bonds is 7. The molecule has 0 bridgehead atoms. The van der Waals surface area contributed by atoms with Crippen molar-refractivity contribution in [1.82, 2.24) is 4.72 Å². The van der Waals surface area contributed by atoms with Gasteiger partial charge in [0.2, 0.25) is 10.0 Å². The highest BCUT2D eigenvalue weighted by atomic mass is 32.2. The molecule has 0 heterocycles. The van der Waals surface area contributed by atoms with E-state index in [4.69, 9.17) is 5.73 Å². The van der Waals surface area contributed by atoms with E-state index in [1.807, 2.05) is 13.8 Å². The lowest BCUT2D eigenvalue weighted by Gasteiger charge is -2.14. The molecule has 0 aromatic rings. The van der Waals surface area contributed by atoms with Gasteiger partial charge in [0.25, 0.3) is 0 Å². The third kappa shape index (κ3) is 6.01. The normalized spacial score (nSPS) is 12.3. The predicted octanol–water partition coefficient (Wildman–Crippen LogP) is 0.443. The Labute approximate surface area is 80.9 Å². The Morgan fingerprint density at radius 1 is 1.31 bits per heavy atom. The fourth-order valence-corrected chi connectivity index (χ4v) is 2.55. The quantitative estimate of drug-likeness (QED) is 0.638. The van der Waals surface area contributed by atoms with Crippen molar-refractivity contribution in [2.45, 2.75) is 39.2 Å². The van der Waals surface area contributed by atoms with Gasteiger partial charge in [-0.1, -0.05) is 13.8 Å². The molecule has 80 valence electrons. The van der Waals surface area contributed by atoms with Crippen LogP contribution in [0.3, 0.4) is 0 Å². The van der Waals surface area contributed by atoms with E-state index >= 15 is 0 Å². The summed E-state index contributed by atoms with van der Waals surface area (Å²) >= 11 is 0. The van der Waals surface area contributed by atoms with Gasteiger partial charge in [-0.05, 0) is 25.8 Å². The maximum atomic E-state index is 11.4. The maximum Gasteiger partial charge on any atom is 0.211 e. The van der Waals surface area contributed by atoms with E-state index in [-0.39, 0.29) is 11.8 Å². The lowest BCUT2D eigenvalue weighted by atomic mass is 10.2. The molecule has 0 amide bonds. The van der Waals surface area contributed by atoms with Crippen LogP contribution in [0.15, 0.2) is 0 Å². The van der Waals surface area contributed by atoms with Crippen molar-refractivity contribution >= 4 is 10.0 Å². The first kappa shape index (κ1) is 12.9. The van der Waals surface area contributed by atoms with Gasteiger partial charge >= 0.3 is 0 Å². The molecule has 0 fully saturated rings. The summed E-state index contributed by atoms with van der Waals surface area (Å²) in [6.45, 7) is 4.36. The summed E-state index contributed by atoms with van der Waals surface area (Å²) in [4.78, 5) is 0. The summed E-state index contributed by atoms with van der Waals surface area (Å²) in [5.74, 6) is 0.139. The first-order valence-corrected chi connectivity index (χ1v) is 6.41. The molecule has 0 aromatic heterocycles. The van der Waals surface area contributed by atoms with Crippen LogP contribution in [0.2, 0.25) is 0 Å². The van der Waals surface area contributed by atoms with Crippen molar-refractivity contribution < 1.29 is 8.42 Å². The van der Waals surface area contributed by atoms with Crippen LogP contribution < -0.4 is 10.5 Å². The molecule has 0 saturated heterocycles. The van der Waals surface area contributed by atoms with Crippen molar-refractivity contribution in [2.24, 2.45) is 5.73 Å². The molecule has 0 aliphatic heterocycles. The van der Waals surface area contributed by atoms with Gasteiger partial charge in [0, 0.05) is 6.04 Å². The number of nitrogens with two attached hydrogens (primary N) is 1. The third-order valence-electron chi connectivity index (χ3n) is 1.95. The van der Waals surface area contributed by atoms with Crippen LogP contribution in [0.4, 0.5) is 0 Å². The summed E-state index contributed by atoms with van der Waals surface area (Å²) in [6.07, 6.45) is 2.19. The number of hydrogen-bond donors (Lipinski definition) is 2. The Kier molecular flexibility index (Phi) is 6.28. The van der Waals surface area contributed by atoms with Crippen LogP contribution >= 0.6 is 0 Å². The second-order valence-electron chi connectivity index (χ2n) is 3.09. The average Bonchev–Trinajstić information content (AvgIpc) is 2.11. The first-order valence-electron chi connectivity index (χ1n) is 4.75. The molecule has 13 heavy (non-hydrogen) atoms. The van der Waals surface area contributed by atoms with E-state index in [0.717, 1.165) is 12.8 Å². The Morgan fingerprint density at radius 2 is 1.85 bits per heavy atom. The molecule has 3 N–H and O–H groups in total.